The molecule has 1 unspecified atom stereocenters. The van der Waals surface area contributed by atoms with Crippen LogP contribution in [0.4, 0.5) is 22.1 Å². The molecule has 5 amide bonds. The van der Waals surface area contributed by atoms with E-state index in [1.54, 1.807) is 11.9 Å². The van der Waals surface area contributed by atoms with E-state index in [1.165, 1.54) is 44.7 Å². The molecule has 2 saturated heterocycles. The Balaban J connectivity index is 0.685. The van der Waals surface area contributed by atoms with Gasteiger partial charge in [-0.3, -0.25) is 49.0 Å². The molecule has 602 valence electrons. The number of ether oxygens (including phenoxy) is 3. The number of esters is 1. The van der Waals surface area contributed by atoms with Gasteiger partial charge in [-0.25, -0.2) is 29.8 Å². The number of aromatic amines is 2. The highest BCUT2D eigenvalue weighted by Gasteiger charge is 2.79. The summed E-state index contributed by atoms with van der Waals surface area (Å²) in [6, 6.07) is 9.88. The number of hydrogen-bond acceptors (Lipinski definition) is 29. The number of piperidine rings is 1. The van der Waals surface area contributed by atoms with Crippen LogP contribution in [0.3, 0.4) is 0 Å². The number of aliphatic carboxylic acids is 2. The van der Waals surface area contributed by atoms with E-state index in [1.807, 2.05) is 62.4 Å². The Labute approximate surface area is 648 Å². The molecule has 3 aromatic heterocycles. The van der Waals surface area contributed by atoms with E-state index < -0.39 is 160 Å². The van der Waals surface area contributed by atoms with Crippen molar-refractivity contribution in [2.75, 3.05) is 94.7 Å². The number of likely N-dealkylation sites (N-methyl/N-ethyl adjacent to an activating group) is 1. The van der Waals surface area contributed by atoms with Crippen molar-refractivity contribution in [2.45, 2.75) is 148 Å². The number of anilines is 3. The maximum absolute atomic E-state index is 15.6. The molecule has 12 rings (SSSR count). The number of benzene rings is 3. The van der Waals surface area contributed by atoms with Gasteiger partial charge < -0.3 is 97.1 Å². The zero-order valence-electron chi connectivity index (χ0n) is 62.0. The van der Waals surface area contributed by atoms with Crippen molar-refractivity contribution in [3.63, 3.8) is 0 Å². The molecular weight excluding hydrogens is 1500 g/mol. The van der Waals surface area contributed by atoms with Crippen molar-refractivity contribution in [1.82, 2.24) is 61.5 Å². The SMILES string of the molecule is CC[C@]1(O)C[C@@H]2CN(CCc3c([nH]c4ccccc34)[C@@](C(=O)OC)(c3cc4c(cc3OC)N(C)[C@H]3[C@@](O)(C(=O)NNC(=O)OCCSSC[C@H](NC(=O)[C@@H](NC(=O)CC[C@H](NC(=O)c5ccc(NCc6cnc7nc(N)[nH]c(=O)c7n6)cc5)C(=O)O)[C@@H](O)[C@H](O)[C@H](O)CO)C(=O)O)[C@H](O)[C@]5(CC)C=CCN6CC[C@]43[C@@H]65)C2)C1. The minimum Gasteiger partial charge on any atom is -0.496 e. The van der Waals surface area contributed by atoms with Crippen molar-refractivity contribution < 1.29 is 98.5 Å². The highest BCUT2D eigenvalue weighted by molar-refractivity contribution is 8.76. The van der Waals surface area contributed by atoms with Crippen LogP contribution in [-0.2, 0) is 62.0 Å². The molecule has 3 fully saturated rings. The number of aliphatic hydroxyl groups is 7. The Hall–Kier alpha value is -9.74. The average molecular weight is 1590 g/mol. The summed E-state index contributed by atoms with van der Waals surface area (Å²) in [7, 11) is 6.42. The minimum absolute atomic E-state index is 0.00252. The van der Waals surface area contributed by atoms with Crippen molar-refractivity contribution in [1.29, 1.82) is 0 Å². The van der Waals surface area contributed by atoms with E-state index in [2.05, 4.69) is 66.8 Å². The van der Waals surface area contributed by atoms with E-state index in [0.29, 0.717) is 98.0 Å². The van der Waals surface area contributed by atoms with E-state index >= 15 is 9.59 Å². The number of fused-ring (bicyclic) bond motifs is 7. The summed E-state index contributed by atoms with van der Waals surface area (Å²) < 4.78 is 17.8. The first-order chi connectivity index (χ1) is 53.4. The fourth-order valence-corrected chi connectivity index (χ4v) is 19.9. The first-order valence-electron chi connectivity index (χ1n) is 36.7. The molecule has 112 heavy (non-hydrogen) atoms. The number of nitrogens with one attached hydrogen (secondary N) is 8. The number of nitrogens with zero attached hydrogens (tertiary/aromatic N) is 6. The highest BCUT2D eigenvalue weighted by Crippen LogP contribution is 2.68. The fourth-order valence-electron chi connectivity index (χ4n) is 17.9. The standard InChI is InChI=1S/C74H93N15O21S2/c1-6-70(106)29-37-30-73(67(104)109-5,56-42(19-23-88(33-37)36-70)41-11-8-9-12-45(41)79-56)44-27-43-48(28-50(44)108-4)87(3)64-72(43)21-24-89-22-10-20-71(7-2,63(72)89)65(102)74(64,107)66(103)85-86-69(105)110-25-26-111-112-35-47(62(100)101)81-59(96)52(55(94)54(93)49(91)34-90)82-51(92)18-17-46(61(98)99)80-58(95)38-13-15-39(16-14-38)76-31-40-32-77-57-53(78-40)60(97)84-68(75)83-57/h8-16,20,27-28,32,37,46-47,49,52,54-55,63-65,76,79,90-91,93-94,102,106-107H,6-7,17-19,21-26,29-31,33-36H2,1-5H3,(H,80,95)(H,81,96)(H,82,92)(H,85,103)(H,86,105)(H,98,99)(H,100,101)(H3,75,77,83,84,97)/t37-,46-,47-,49+,52-,54+,55+,63-,64+,65+,70-,71+,72+,73-,74-/m0/s1. The lowest BCUT2D eigenvalue weighted by molar-refractivity contribution is -0.204. The fraction of sp³-hybridized carbons (Fsp3) is 0.514. The van der Waals surface area contributed by atoms with Gasteiger partial charge >= 0.3 is 24.0 Å². The van der Waals surface area contributed by atoms with Gasteiger partial charge in [-0.15, -0.1) is 0 Å². The van der Waals surface area contributed by atoms with E-state index in [9.17, 15) is 79.5 Å². The third-order valence-electron chi connectivity index (χ3n) is 23.1. The number of carbonyl (C=O) groups is 8. The molecule has 1 aliphatic carbocycles. The lowest BCUT2D eigenvalue weighted by Gasteiger charge is -2.63. The number of aromatic nitrogens is 5. The quantitative estimate of drug-likeness (QED) is 0.00916. The normalized spacial score (nSPS) is 26.5. The van der Waals surface area contributed by atoms with Crippen LogP contribution >= 0.6 is 21.6 Å². The summed E-state index contributed by atoms with van der Waals surface area (Å²) in [4.78, 5) is 147. The monoisotopic (exact) mass is 1590 g/mol. The number of nitrogens with two attached hydrogens (primary N) is 1. The van der Waals surface area contributed by atoms with Crippen LogP contribution in [0, 0.1) is 11.3 Å². The van der Waals surface area contributed by atoms with Crippen LogP contribution in [0.2, 0.25) is 0 Å². The van der Waals surface area contributed by atoms with Gasteiger partial charge in [-0.2, -0.15) is 4.98 Å². The van der Waals surface area contributed by atoms with Crippen molar-refractivity contribution in [3.8, 4) is 5.75 Å². The Morgan fingerprint density at radius 3 is 2.31 bits per heavy atom. The van der Waals surface area contributed by atoms with E-state index in [-0.39, 0.29) is 60.3 Å². The predicted octanol–water partition coefficient (Wildman–Crippen LogP) is -0.601. The molecule has 0 radical (unpaired) electrons. The van der Waals surface area contributed by atoms with Crippen molar-refractivity contribution >= 4 is 109 Å². The second kappa shape index (κ2) is 33.1. The number of aliphatic hydroxyl groups excluding tert-OH is 5. The van der Waals surface area contributed by atoms with Gasteiger partial charge in [-0.1, -0.05) is 65.8 Å². The smallest absolute Gasteiger partial charge is 0.426 e. The van der Waals surface area contributed by atoms with Gasteiger partial charge in [0.1, 0.15) is 60.3 Å². The molecule has 3 aromatic carbocycles. The molecule has 6 aliphatic rings. The number of amides is 5. The number of para-hydroxylation sites is 1. The van der Waals surface area contributed by atoms with Crippen molar-refractivity contribution in [3.05, 3.63) is 123 Å². The zero-order valence-corrected chi connectivity index (χ0v) is 63.6. The molecular formula is C74H93N15O21S2. The molecule has 8 heterocycles. The average Bonchev–Trinajstić information content (AvgIpc) is 1.46. The van der Waals surface area contributed by atoms with Crippen LogP contribution in [-0.4, -0.2) is 273 Å². The highest BCUT2D eigenvalue weighted by atomic mass is 33.1. The number of H-pyrrole nitrogens is 2. The number of carboxylic acids is 2. The summed E-state index contributed by atoms with van der Waals surface area (Å²) in [5.41, 5.74) is 6.66. The number of carboxylic acid groups (broad SMARTS) is 2. The van der Waals surface area contributed by atoms with Crippen LogP contribution in [0.15, 0.2) is 83.8 Å². The van der Waals surface area contributed by atoms with Gasteiger partial charge in [0.15, 0.2) is 16.8 Å². The minimum atomic E-state index is -2.71. The summed E-state index contributed by atoms with van der Waals surface area (Å²) in [5.74, 6) is -8.83. The van der Waals surface area contributed by atoms with Crippen LogP contribution in [0.1, 0.15) is 97.2 Å². The molecule has 6 aromatic rings. The topological polar surface area (TPSA) is 542 Å². The molecule has 1 saturated carbocycles. The van der Waals surface area contributed by atoms with Crippen molar-refractivity contribution in [2.24, 2.45) is 11.3 Å². The number of methoxy groups -OCH3 is 2. The van der Waals surface area contributed by atoms with Gasteiger partial charge in [-0.05, 0) is 105 Å². The zero-order chi connectivity index (χ0) is 80.5. The van der Waals surface area contributed by atoms with Gasteiger partial charge in [0.2, 0.25) is 17.8 Å². The number of hydrogen-bond donors (Lipinski definition) is 18. The number of nitrogen functional groups attached to an aromatic ring is 1. The Morgan fingerprint density at radius 1 is 0.857 bits per heavy atom. The van der Waals surface area contributed by atoms with E-state index in [4.69, 9.17) is 19.9 Å². The predicted molar refractivity (Wildman–Crippen MR) is 407 cm³/mol. The van der Waals surface area contributed by atoms with Gasteiger partial charge in [0.05, 0.1) is 50.9 Å². The lowest BCUT2D eigenvalue weighted by Crippen LogP contribution is -2.82. The molecule has 16 atom stereocenters. The molecule has 19 N–H and O–H groups in total. The first-order valence-corrected chi connectivity index (χ1v) is 39.2. The molecule has 2 bridgehead atoms. The van der Waals surface area contributed by atoms with E-state index in [0.717, 1.165) is 38.1 Å². The Morgan fingerprint density at radius 2 is 1.61 bits per heavy atom. The van der Waals surface area contributed by atoms with Crippen LogP contribution in [0.25, 0.3) is 22.1 Å². The summed E-state index contributed by atoms with van der Waals surface area (Å²) in [6.45, 7) is 5.07. The van der Waals surface area contributed by atoms with Crippen LogP contribution < -0.4 is 53.0 Å². The second-order valence-corrected chi connectivity index (χ2v) is 32.1. The van der Waals surface area contributed by atoms with Gasteiger partial charge in [0, 0.05) is 113 Å². The summed E-state index contributed by atoms with van der Waals surface area (Å²) >= 11 is 0. The molecule has 1 spiro atoms. The Bertz CT molecular complexity index is 4690. The number of carbonyl (C=O) groups excluding carboxylic acids is 6. The largest absolute Gasteiger partial charge is 0.496 e. The number of hydrazine groups is 1. The Kier molecular flexibility index (Phi) is 24.2. The van der Waals surface area contributed by atoms with Crippen LogP contribution in [0.5, 0.6) is 5.75 Å². The first kappa shape index (κ1) is 81.7. The maximum atomic E-state index is 15.6. The molecule has 36 nitrogen and oxygen atoms in total. The molecule has 5 aliphatic heterocycles. The third kappa shape index (κ3) is 15.2. The maximum Gasteiger partial charge on any atom is 0.426 e. The summed E-state index contributed by atoms with van der Waals surface area (Å²) in [5, 5.41) is 111. The lowest BCUT2D eigenvalue weighted by atomic mass is 9.47. The third-order valence-corrected chi connectivity index (χ3v) is 25.4. The van der Waals surface area contributed by atoms with Gasteiger partial charge in [0.25, 0.3) is 17.4 Å². The molecule has 38 heteroatoms. The second-order valence-electron chi connectivity index (χ2n) is 29.4. The summed E-state index contributed by atoms with van der Waals surface area (Å²) in [6.07, 6.45) is -3.74. The number of rotatable bonds is 29.